The summed E-state index contributed by atoms with van der Waals surface area (Å²) in [6.45, 7) is 9.46. The Morgan fingerprint density at radius 3 is 2.42 bits per heavy atom. The number of amides is 2. The van der Waals surface area contributed by atoms with E-state index in [0.717, 1.165) is 62.5 Å². The maximum Gasteiger partial charge on any atom is 0.231 e. The number of rotatable bonds is 7. The fourth-order valence-corrected chi connectivity index (χ4v) is 4.77. The Kier molecular flexibility index (Phi) is 7.31. The van der Waals surface area contributed by atoms with Gasteiger partial charge in [0.2, 0.25) is 11.8 Å². The Balaban J connectivity index is 1.23. The molecule has 0 aliphatic carbocycles. The van der Waals surface area contributed by atoms with Gasteiger partial charge in [-0.3, -0.25) is 14.6 Å². The maximum atomic E-state index is 12.6. The smallest absolute Gasteiger partial charge is 0.231 e. The molecule has 176 valence electrons. The number of likely N-dealkylation sites (tertiary alicyclic amines) is 1. The van der Waals surface area contributed by atoms with Crippen LogP contribution in [0.4, 0.5) is 11.4 Å². The van der Waals surface area contributed by atoms with Crippen LogP contribution in [-0.2, 0) is 9.59 Å². The van der Waals surface area contributed by atoms with Crippen LogP contribution in [0.15, 0.2) is 42.6 Å². The monoisotopic (exact) mass is 448 g/mol. The summed E-state index contributed by atoms with van der Waals surface area (Å²) < 4.78 is 0. The second-order valence-corrected chi connectivity index (χ2v) is 9.91. The van der Waals surface area contributed by atoms with Crippen molar-refractivity contribution >= 4 is 23.2 Å². The molecule has 0 spiro atoms. The molecule has 33 heavy (non-hydrogen) atoms. The normalized spacial score (nSPS) is 17.2. The summed E-state index contributed by atoms with van der Waals surface area (Å²) in [6, 6.07) is 12.3. The molecule has 4 rings (SSSR count). The van der Waals surface area contributed by atoms with Crippen LogP contribution in [0, 0.1) is 18.8 Å². The molecule has 0 saturated carbocycles. The summed E-state index contributed by atoms with van der Waals surface area (Å²) in [5.41, 5.74) is 4.25. The van der Waals surface area contributed by atoms with Gasteiger partial charge in [-0.2, -0.15) is 0 Å². The second kappa shape index (κ2) is 10.4. The third-order valence-electron chi connectivity index (χ3n) is 7.00. The number of hydrogen-bond acceptors (Lipinski definition) is 4. The highest BCUT2D eigenvalue weighted by Crippen LogP contribution is 2.30. The fraction of sp³-hybridized carbons (Fsp3) is 0.519. The number of pyridine rings is 1. The van der Waals surface area contributed by atoms with E-state index in [1.807, 2.05) is 30.0 Å². The van der Waals surface area contributed by atoms with E-state index in [1.165, 1.54) is 5.56 Å². The molecule has 2 saturated heterocycles. The largest absolute Gasteiger partial charge is 0.368 e. The van der Waals surface area contributed by atoms with Crippen LogP contribution < -0.4 is 10.2 Å². The Morgan fingerprint density at radius 2 is 1.79 bits per heavy atom. The van der Waals surface area contributed by atoms with Crippen LogP contribution in [-0.4, -0.2) is 47.9 Å². The zero-order valence-electron chi connectivity index (χ0n) is 20.1. The quantitative estimate of drug-likeness (QED) is 0.672. The van der Waals surface area contributed by atoms with Crippen molar-refractivity contribution in [1.82, 2.24) is 9.88 Å². The average molecular weight is 449 g/mol. The molecule has 0 radical (unpaired) electrons. The minimum atomic E-state index is 0.00171. The molecule has 2 aliphatic heterocycles. The number of nitrogens with one attached hydrogen (secondary N) is 1. The van der Waals surface area contributed by atoms with Gasteiger partial charge in [0.25, 0.3) is 0 Å². The van der Waals surface area contributed by atoms with Gasteiger partial charge in [-0.25, -0.2) is 0 Å². The second-order valence-electron chi connectivity index (χ2n) is 9.91. The lowest BCUT2D eigenvalue weighted by Crippen LogP contribution is -2.52. The zero-order chi connectivity index (χ0) is 23.4. The first-order valence-corrected chi connectivity index (χ1v) is 12.3. The van der Waals surface area contributed by atoms with E-state index in [0.29, 0.717) is 24.2 Å². The van der Waals surface area contributed by atoms with E-state index in [2.05, 4.69) is 47.2 Å². The molecule has 1 N–H and O–H groups in total. The molecule has 0 bridgehead atoms. The average Bonchev–Trinajstić information content (AvgIpc) is 2.78. The number of carbonyl (C=O) groups is 2. The van der Waals surface area contributed by atoms with Gasteiger partial charge in [0.05, 0.1) is 17.3 Å². The number of nitrogens with zero attached hydrogens (tertiary/aromatic N) is 3. The molecule has 0 atom stereocenters. The van der Waals surface area contributed by atoms with Crippen molar-refractivity contribution < 1.29 is 9.59 Å². The van der Waals surface area contributed by atoms with Crippen LogP contribution in [0.3, 0.4) is 0 Å². The molecular weight excluding hydrogens is 412 g/mol. The Bertz CT molecular complexity index is 958. The molecule has 2 aromatic rings. The first kappa shape index (κ1) is 23.3. The maximum absolute atomic E-state index is 12.6. The number of piperidine rings is 1. The van der Waals surface area contributed by atoms with Gasteiger partial charge in [-0.1, -0.05) is 26.0 Å². The van der Waals surface area contributed by atoms with Crippen molar-refractivity contribution in [3.8, 4) is 0 Å². The van der Waals surface area contributed by atoms with Gasteiger partial charge >= 0.3 is 0 Å². The number of carbonyl (C=O) groups excluding carboxylic acids is 2. The summed E-state index contributed by atoms with van der Waals surface area (Å²) >= 11 is 0. The van der Waals surface area contributed by atoms with Crippen molar-refractivity contribution in [2.45, 2.75) is 52.4 Å². The highest BCUT2D eigenvalue weighted by Gasteiger charge is 2.33. The molecule has 2 fully saturated rings. The van der Waals surface area contributed by atoms with E-state index in [4.69, 9.17) is 0 Å². The molecule has 3 heterocycles. The topological polar surface area (TPSA) is 65.5 Å². The van der Waals surface area contributed by atoms with E-state index < -0.39 is 0 Å². The Morgan fingerprint density at radius 1 is 1.09 bits per heavy atom. The van der Waals surface area contributed by atoms with Gasteiger partial charge in [0.1, 0.15) is 0 Å². The van der Waals surface area contributed by atoms with Gasteiger partial charge in [-0.05, 0) is 67.9 Å². The van der Waals surface area contributed by atoms with Crippen molar-refractivity contribution in [3.05, 3.63) is 53.9 Å². The van der Waals surface area contributed by atoms with Gasteiger partial charge in [-0.15, -0.1) is 0 Å². The van der Waals surface area contributed by atoms with Crippen LogP contribution in [0.1, 0.15) is 56.7 Å². The van der Waals surface area contributed by atoms with E-state index >= 15 is 0 Å². The summed E-state index contributed by atoms with van der Waals surface area (Å²) in [6.07, 6.45) is 5.43. The van der Waals surface area contributed by atoms with Crippen LogP contribution in [0.5, 0.6) is 0 Å². The van der Waals surface area contributed by atoms with Gasteiger partial charge < -0.3 is 15.1 Å². The van der Waals surface area contributed by atoms with E-state index in [9.17, 15) is 9.59 Å². The predicted octanol–water partition coefficient (Wildman–Crippen LogP) is 4.61. The SMILES string of the molecule is Cc1ncccc1N1CC(C(=O)Nc2ccc(C3CCN(C(=O)CCC(C)C)CC3)cc2)C1. The number of aryl methyl sites for hydroxylation is 1. The van der Waals surface area contributed by atoms with Crippen molar-refractivity contribution in [1.29, 1.82) is 0 Å². The molecule has 6 nitrogen and oxygen atoms in total. The predicted molar refractivity (Wildman–Crippen MR) is 132 cm³/mol. The summed E-state index contributed by atoms with van der Waals surface area (Å²) in [4.78, 5) is 33.6. The lowest BCUT2D eigenvalue weighted by atomic mass is 9.89. The summed E-state index contributed by atoms with van der Waals surface area (Å²) in [5, 5.41) is 3.07. The Labute approximate surface area is 197 Å². The number of benzene rings is 1. The number of anilines is 2. The van der Waals surface area contributed by atoms with Crippen molar-refractivity contribution in [3.63, 3.8) is 0 Å². The fourth-order valence-electron chi connectivity index (χ4n) is 4.77. The summed E-state index contributed by atoms with van der Waals surface area (Å²) in [5.74, 6) is 1.43. The van der Waals surface area contributed by atoms with E-state index in [-0.39, 0.29) is 11.8 Å². The lowest BCUT2D eigenvalue weighted by Gasteiger charge is -2.40. The third kappa shape index (κ3) is 5.73. The molecule has 2 aliphatic rings. The number of aromatic nitrogens is 1. The molecule has 2 amide bonds. The molecule has 1 aromatic heterocycles. The van der Waals surface area contributed by atoms with Crippen LogP contribution >= 0.6 is 0 Å². The zero-order valence-corrected chi connectivity index (χ0v) is 20.1. The minimum absolute atomic E-state index is 0.00171. The molecular formula is C27H36N4O2. The van der Waals surface area contributed by atoms with Crippen molar-refractivity contribution in [2.75, 3.05) is 36.4 Å². The third-order valence-corrected chi connectivity index (χ3v) is 7.00. The first-order valence-electron chi connectivity index (χ1n) is 12.3. The lowest BCUT2D eigenvalue weighted by molar-refractivity contribution is -0.132. The minimum Gasteiger partial charge on any atom is -0.368 e. The number of hydrogen-bond donors (Lipinski definition) is 1. The standard InChI is InChI=1S/C27H36N4O2/c1-19(2)6-11-26(32)30-15-12-22(13-16-30)21-7-9-24(10-8-21)29-27(33)23-17-31(18-23)25-5-4-14-28-20(25)3/h4-5,7-10,14,19,22-23H,6,11-13,15-18H2,1-3H3,(H,29,33). The Hall–Kier alpha value is -2.89. The van der Waals surface area contributed by atoms with Gasteiger partial charge in [0, 0.05) is 44.5 Å². The molecule has 6 heteroatoms. The first-order chi connectivity index (χ1) is 15.9. The summed E-state index contributed by atoms with van der Waals surface area (Å²) in [7, 11) is 0. The van der Waals surface area contributed by atoms with Crippen LogP contribution in [0.25, 0.3) is 0 Å². The molecule has 0 unspecified atom stereocenters. The highest BCUT2D eigenvalue weighted by atomic mass is 16.2. The van der Waals surface area contributed by atoms with E-state index in [1.54, 1.807) is 6.20 Å². The van der Waals surface area contributed by atoms with Crippen molar-refractivity contribution in [2.24, 2.45) is 11.8 Å². The molecule has 1 aromatic carbocycles. The van der Waals surface area contributed by atoms with Gasteiger partial charge in [0.15, 0.2) is 0 Å². The highest BCUT2D eigenvalue weighted by molar-refractivity contribution is 5.94. The van der Waals surface area contributed by atoms with Crippen LogP contribution in [0.2, 0.25) is 0 Å².